The third kappa shape index (κ3) is 1.38. The maximum atomic E-state index is 10.9. The fraction of sp³-hybridized carbons (Fsp3) is 0.900. The van der Waals surface area contributed by atoms with Gasteiger partial charge >= 0.3 is 6.09 Å². The van der Waals surface area contributed by atoms with Crippen molar-refractivity contribution in [2.24, 2.45) is 0 Å². The number of nitrogens with zero attached hydrogens (tertiary/aromatic N) is 2. The lowest BCUT2D eigenvalue weighted by atomic mass is 10.0. The number of fused-ring (bicyclic) bond motifs is 2. The Bertz CT molecular complexity index is 259. The summed E-state index contributed by atoms with van der Waals surface area (Å²) in [5.74, 6) is 0. The first kappa shape index (κ1) is 9.77. The Morgan fingerprint density at radius 2 is 1.93 bits per heavy atom. The van der Waals surface area contributed by atoms with E-state index in [1.54, 1.807) is 4.90 Å². The molecular weight excluding hydrogens is 180 g/mol. The summed E-state index contributed by atoms with van der Waals surface area (Å²) in [5, 5.41) is 8.93. The summed E-state index contributed by atoms with van der Waals surface area (Å²) in [4.78, 5) is 14.9. The van der Waals surface area contributed by atoms with E-state index in [1.807, 2.05) is 0 Å². The van der Waals surface area contributed by atoms with Gasteiger partial charge in [-0.1, -0.05) is 0 Å². The fourth-order valence-corrected chi connectivity index (χ4v) is 2.72. The highest BCUT2D eigenvalue weighted by Gasteiger charge is 2.48. The molecule has 1 N–H and O–H groups in total. The summed E-state index contributed by atoms with van der Waals surface area (Å²) in [6.07, 6.45) is 0.259. The van der Waals surface area contributed by atoms with Gasteiger partial charge in [-0.05, 0) is 27.2 Å². The molecule has 0 spiro atoms. The van der Waals surface area contributed by atoms with E-state index in [1.165, 1.54) is 0 Å². The predicted octanol–water partition coefficient (Wildman–Crippen LogP) is 1.22. The summed E-state index contributed by atoms with van der Waals surface area (Å²) in [6, 6.07) is 0.674. The van der Waals surface area contributed by atoms with Gasteiger partial charge < -0.3 is 10.0 Å². The third-order valence-corrected chi connectivity index (χ3v) is 3.35. The Balaban J connectivity index is 2.07. The Morgan fingerprint density at radius 3 is 2.29 bits per heavy atom. The van der Waals surface area contributed by atoms with Crippen molar-refractivity contribution in [3.8, 4) is 0 Å². The minimum absolute atomic E-state index is 0.171. The van der Waals surface area contributed by atoms with E-state index in [9.17, 15) is 4.79 Å². The summed E-state index contributed by atoms with van der Waals surface area (Å²) >= 11 is 0. The quantitative estimate of drug-likeness (QED) is 0.636. The first-order chi connectivity index (χ1) is 6.39. The van der Waals surface area contributed by atoms with Crippen molar-refractivity contribution < 1.29 is 9.90 Å². The van der Waals surface area contributed by atoms with Gasteiger partial charge in [-0.3, -0.25) is 4.90 Å². The van der Waals surface area contributed by atoms with Crippen molar-refractivity contribution in [1.29, 1.82) is 0 Å². The van der Waals surface area contributed by atoms with Crippen LogP contribution in [-0.4, -0.2) is 51.7 Å². The molecule has 2 heterocycles. The van der Waals surface area contributed by atoms with Crippen LogP contribution in [-0.2, 0) is 0 Å². The minimum atomic E-state index is -0.758. The van der Waals surface area contributed by atoms with E-state index in [-0.39, 0.29) is 11.6 Å². The van der Waals surface area contributed by atoms with Gasteiger partial charge in [0.15, 0.2) is 0 Å². The van der Waals surface area contributed by atoms with Gasteiger partial charge in [0.1, 0.15) is 0 Å². The van der Waals surface area contributed by atoms with E-state index >= 15 is 0 Å². The molecule has 2 bridgehead atoms. The number of rotatable bonds is 0. The van der Waals surface area contributed by atoms with Crippen molar-refractivity contribution in [2.45, 2.75) is 44.8 Å². The van der Waals surface area contributed by atoms with E-state index in [4.69, 9.17) is 5.11 Å². The Kier molecular flexibility index (Phi) is 2.00. The lowest BCUT2D eigenvalue weighted by Gasteiger charge is -2.41. The van der Waals surface area contributed by atoms with Crippen LogP contribution in [0.25, 0.3) is 0 Å². The number of likely N-dealkylation sites (tertiary alicyclic amines) is 2. The largest absolute Gasteiger partial charge is 0.465 e. The van der Waals surface area contributed by atoms with Crippen LogP contribution >= 0.6 is 0 Å². The van der Waals surface area contributed by atoms with Gasteiger partial charge in [-0.2, -0.15) is 0 Å². The highest BCUT2D eigenvalue weighted by atomic mass is 16.4. The maximum Gasteiger partial charge on any atom is 0.407 e. The minimum Gasteiger partial charge on any atom is -0.465 e. The van der Waals surface area contributed by atoms with Gasteiger partial charge in [-0.15, -0.1) is 0 Å². The van der Waals surface area contributed by atoms with Gasteiger partial charge in [0, 0.05) is 30.7 Å². The normalized spacial score (nSPS) is 32.6. The molecule has 2 saturated heterocycles. The molecule has 0 aliphatic carbocycles. The van der Waals surface area contributed by atoms with Crippen LogP contribution in [0.1, 0.15) is 27.2 Å². The molecule has 0 radical (unpaired) electrons. The molecule has 0 saturated carbocycles. The number of carboxylic acid groups (broad SMARTS) is 1. The van der Waals surface area contributed by atoms with Gasteiger partial charge in [0.05, 0.1) is 0 Å². The molecular formula is C10H18N2O2. The van der Waals surface area contributed by atoms with E-state index in [0.717, 1.165) is 13.0 Å². The van der Waals surface area contributed by atoms with Crippen molar-refractivity contribution >= 4 is 6.09 Å². The standard InChI is InChI=1S/C10H18N2O2/c1-10(2,3)12-6-7-4-8(12)5-11(7)9(13)14/h7-8H,4-6H2,1-3H3,(H,13,14)/t7-,8-/m0/s1. The van der Waals surface area contributed by atoms with Crippen molar-refractivity contribution in [3.05, 3.63) is 0 Å². The molecule has 2 atom stereocenters. The average Bonchev–Trinajstić information content (AvgIpc) is 2.58. The lowest BCUT2D eigenvalue weighted by Crippen LogP contribution is -2.54. The molecule has 0 aromatic rings. The molecule has 0 unspecified atom stereocenters. The first-order valence-electron chi connectivity index (χ1n) is 5.16. The lowest BCUT2D eigenvalue weighted by molar-refractivity contribution is 0.0559. The van der Waals surface area contributed by atoms with Gasteiger partial charge in [0.2, 0.25) is 0 Å². The first-order valence-corrected chi connectivity index (χ1v) is 5.16. The summed E-state index contributed by atoms with van der Waals surface area (Å²) in [6.45, 7) is 8.17. The molecule has 80 valence electrons. The summed E-state index contributed by atoms with van der Waals surface area (Å²) in [5.41, 5.74) is 0.171. The average molecular weight is 198 g/mol. The van der Waals surface area contributed by atoms with E-state index in [2.05, 4.69) is 25.7 Å². The Hall–Kier alpha value is -0.770. The second-order valence-electron chi connectivity index (χ2n) is 5.30. The molecule has 2 aliphatic rings. The highest BCUT2D eigenvalue weighted by molar-refractivity contribution is 5.66. The monoisotopic (exact) mass is 198 g/mol. The number of piperazine rings is 1. The van der Waals surface area contributed by atoms with Crippen LogP contribution in [0.2, 0.25) is 0 Å². The van der Waals surface area contributed by atoms with E-state index < -0.39 is 6.09 Å². The number of hydrogen-bond acceptors (Lipinski definition) is 2. The predicted molar refractivity (Wildman–Crippen MR) is 53.4 cm³/mol. The Morgan fingerprint density at radius 1 is 1.29 bits per heavy atom. The molecule has 4 heteroatoms. The zero-order chi connectivity index (χ0) is 10.5. The van der Waals surface area contributed by atoms with Crippen LogP contribution in [0.5, 0.6) is 0 Å². The topological polar surface area (TPSA) is 43.8 Å². The Labute approximate surface area is 84.5 Å². The maximum absolute atomic E-state index is 10.9. The number of hydrogen-bond donors (Lipinski definition) is 1. The van der Waals surface area contributed by atoms with Gasteiger partial charge in [0.25, 0.3) is 0 Å². The molecule has 0 aromatic carbocycles. The van der Waals surface area contributed by atoms with Crippen LogP contribution in [0.4, 0.5) is 4.79 Å². The zero-order valence-electron chi connectivity index (χ0n) is 9.03. The fourth-order valence-electron chi connectivity index (χ4n) is 2.72. The molecule has 2 rings (SSSR count). The van der Waals surface area contributed by atoms with Crippen molar-refractivity contribution in [1.82, 2.24) is 9.80 Å². The molecule has 1 amide bonds. The molecule has 0 aromatic heterocycles. The zero-order valence-corrected chi connectivity index (χ0v) is 9.03. The number of amides is 1. The van der Waals surface area contributed by atoms with Crippen LogP contribution in [0.15, 0.2) is 0 Å². The summed E-state index contributed by atoms with van der Waals surface area (Å²) < 4.78 is 0. The SMILES string of the molecule is CC(C)(C)N1C[C@@H]2C[C@H]1CN2C(=O)O. The third-order valence-electron chi connectivity index (χ3n) is 3.35. The number of carbonyl (C=O) groups is 1. The molecule has 2 fully saturated rings. The second kappa shape index (κ2) is 2.86. The van der Waals surface area contributed by atoms with Crippen LogP contribution in [0.3, 0.4) is 0 Å². The summed E-state index contributed by atoms with van der Waals surface area (Å²) in [7, 11) is 0. The second-order valence-corrected chi connectivity index (χ2v) is 5.30. The van der Waals surface area contributed by atoms with Crippen molar-refractivity contribution in [2.75, 3.05) is 13.1 Å². The van der Waals surface area contributed by atoms with Gasteiger partial charge in [-0.25, -0.2) is 4.79 Å². The van der Waals surface area contributed by atoms with E-state index in [0.29, 0.717) is 12.6 Å². The van der Waals surface area contributed by atoms with Crippen LogP contribution in [0, 0.1) is 0 Å². The molecule has 4 nitrogen and oxygen atoms in total. The molecule has 14 heavy (non-hydrogen) atoms. The highest BCUT2D eigenvalue weighted by Crippen LogP contribution is 2.35. The molecule has 2 aliphatic heterocycles. The smallest absolute Gasteiger partial charge is 0.407 e. The van der Waals surface area contributed by atoms with Crippen LogP contribution < -0.4 is 0 Å². The van der Waals surface area contributed by atoms with Crippen molar-refractivity contribution in [3.63, 3.8) is 0 Å².